The van der Waals surface area contributed by atoms with Gasteiger partial charge in [0.1, 0.15) is 22.3 Å². The summed E-state index contributed by atoms with van der Waals surface area (Å²) in [5, 5.41) is 10.2. The third-order valence-corrected chi connectivity index (χ3v) is 4.75. The molecule has 1 aromatic carbocycles. The average Bonchev–Trinajstić information content (AvgIpc) is 2.72. The van der Waals surface area contributed by atoms with Gasteiger partial charge in [0.15, 0.2) is 0 Å². The lowest BCUT2D eigenvalue weighted by Crippen LogP contribution is -2.08. The van der Waals surface area contributed by atoms with Crippen molar-refractivity contribution >= 4 is 16.9 Å². The van der Waals surface area contributed by atoms with Crippen molar-refractivity contribution in [1.82, 2.24) is 4.98 Å². The van der Waals surface area contributed by atoms with Gasteiger partial charge in [0, 0.05) is 16.0 Å². The first-order valence-electron chi connectivity index (χ1n) is 6.39. The average molecular weight is 343 g/mol. The molecule has 0 aliphatic carbocycles. The Labute approximate surface area is 130 Å². The fraction of sp³-hybridized carbons (Fsp3) is 0.133. The van der Waals surface area contributed by atoms with Crippen molar-refractivity contribution in [3.63, 3.8) is 0 Å². The lowest BCUT2D eigenvalue weighted by Gasteiger charge is -2.11. The van der Waals surface area contributed by atoms with E-state index < -0.39 is 28.4 Å². The summed E-state index contributed by atoms with van der Waals surface area (Å²) < 4.78 is 63.8. The first-order chi connectivity index (χ1) is 10.7. The Morgan fingerprint density at radius 2 is 1.91 bits per heavy atom. The van der Waals surface area contributed by atoms with Crippen LogP contribution in [0.5, 0.6) is 5.75 Å². The number of aromatic hydroxyl groups is 1. The van der Waals surface area contributed by atoms with Gasteiger partial charge < -0.3 is 5.11 Å². The van der Waals surface area contributed by atoms with Crippen LogP contribution in [0, 0.1) is 5.82 Å². The minimum absolute atomic E-state index is 0.111. The SMILES string of the molecule is CC1=Cc2cc(O)c(-c3ccc(F)c(C(F)(F)F)c3)nc2S1=O. The smallest absolute Gasteiger partial charge is 0.419 e. The van der Waals surface area contributed by atoms with Gasteiger partial charge in [0.05, 0.1) is 16.4 Å². The summed E-state index contributed by atoms with van der Waals surface area (Å²) in [7, 11) is -1.52. The number of aromatic nitrogens is 1. The maximum absolute atomic E-state index is 13.4. The van der Waals surface area contributed by atoms with Crippen LogP contribution in [0.2, 0.25) is 0 Å². The topological polar surface area (TPSA) is 50.2 Å². The molecule has 1 aliphatic heterocycles. The predicted molar refractivity (Wildman–Crippen MR) is 76.4 cm³/mol. The second kappa shape index (κ2) is 5.16. The second-order valence-electron chi connectivity index (χ2n) is 4.97. The number of pyridine rings is 1. The van der Waals surface area contributed by atoms with E-state index in [-0.39, 0.29) is 22.0 Å². The van der Waals surface area contributed by atoms with Gasteiger partial charge in [-0.15, -0.1) is 0 Å². The number of benzene rings is 1. The van der Waals surface area contributed by atoms with E-state index in [0.717, 1.165) is 6.07 Å². The summed E-state index contributed by atoms with van der Waals surface area (Å²) in [5.41, 5.74) is -1.29. The van der Waals surface area contributed by atoms with Crippen molar-refractivity contribution in [3.05, 3.63) is 46.1 Å². The molecule has 1 atom stereocenters. The molecule has 0 saturated carbocycles. The number of hydrogen-bond donors (Lipinski definition) is 1. The van der Waals surface area contributed by atoms with E-state index in [1.165, 1.54) is 6.07 Å². The van der Waals surface area contributed by atoms with E-state index in [2.05, 4.69) is 4.98 Å². The summed E-state index contributed by atoms with van der Waals surface area (Å²) in [6.07, 6.45) is -3.29. The molecule has 0 radical (unpaired) electrons. The normalized spacial score (nSPS) is 17.1. The Balaban J connectivity index is 2.17. The zero-order valence-electron chi connectivity index (χ0n) is 11.6. The van der Waals surface area contributed by atoms with Crippen molar-refractivity contribution in [2.24, 2.45) is 0 Å². The van der Waals surface area contributed by atoms with Gasteiger partial charge in [0.2, 0.25) is 0 Å². The molecule has 1 aromatic heterocycles. The molecule has 0 amide bonds. The van der Waals surface area contributed by atoms with Gasteiger partial charge in [-0.2, -0.15) is 13.2 Å². The van der Waals surface area contributed by atoms with E-state index in [4.69, 9.17) is 0 Å². The molecule has 0 bridgehead atoms. The van der Waals surface area contributed by atoms with Crippen LogP contribution in [-0.2, 0) is 17.0 Å². The van der Waals surface area contributed by atoms with Crippen molar-refractivity contribution in [2.45, 2.75) is 18.1 Å². The second-order valence-corrected chi connectivity index (χ2v) is 6.53. The monoisotopic (exact) mass is 343 g/mol. The quantitative estimate of drug-likeness (QED) is 0.794. The number of nitrogens with zero attached hydrogens (tertiary/aromatic N) is 1. The Morgan fingerprint density at radius 3 is 2.57 bits per heavy atom. The van der Waals surface area contributed by atoms with Gasteiger partial charge in [-0.25, -0.2) is 13.6 Å². The first kappa shape index (κ1) is 15.7. The largest absolute Gasteiger partial charge is 0.506 e. The number of halogens is 4. The molecule has 0 fully saturated rings. The first-order valence-corrected chi connectivity index (χ1v) is 7.54. The third kappa shape index (κ3) is 2.63. The molecule has 1 unspecified atom stereocenters. The van der Waals surface area contributed by atoms with E-state index in [9.17, 15) is 26.9 Å². The highest BCUT2D eigenvalue weighted by Crippen LogP contribution is 2.38. The fourth-order valence-electron chi connectivity index (χ4n) is 2.28. The highest BCUT2D eigenvalue weighted by atomic mass is 32.2. The van der Waals surface area contributed by atoms with Crippen LogP contribution in [0.15, 0.2) is 34.2 Å². The molecular weight excluding hydrogens is 334 g/mol. The van der Waals surface area contributed by atoms with Crippen LogP contribution in [0.25, 0.3) is 17.3 Å². The molecule has 23 heavy (non-hydrogen) atoms. The molecule has 1 aliphatic rings. The fourth-order valence-corrected chi connectivity index (χ4v) is 3.33. The van der Waals surface area contributed by atoms with Crippen LogP contribution in [0.3, 0.4) is 0 Å². The molecule has 120 valence electrons. The molecule has 8 heteroatoms. The predicted octanol–water partition coefficient (Wildman–Crippen LogP) is 4.09. The molecular formula is C15H9F4NO2S. The van der Waals surface area contributed by atoms with Crippen molar-refractivity contribution < 1.29 is 26.9 Å². The third-order valence-electron chi connectivity index (χ3n) is 3.37. The lowest BCUT2D eigenvalue weighted by molar-refractivity contribution is -0.139. The number of hydrogen-bond acceptors (Lipinski definition) is 3. The molecule has 3 nitrogen and oxygen atoms in total. The Hall–Kier alpha value is -2.22. The number of rotatable bonds is 1. The molecule has 2 aromatic rings. The summed E-state index contributed by atoms with van der Waals surface area (Å²) in [6, 6.07) is 3.59. The highest BCUT2D eigenvalue weighted by Gasteiger charge is 2.34. The van der Waals surface area contributed by atoms with Gasteiger partial charge >= 0.3 is 6.18 Å². The minimum atomic E-state index is -4.87. The van der Waals surface area contributed by atoms with E-state index in [0.29, 0.717) is 22.6 Å². The van der Waals surface area contributed by atoms with Crippen LogP contribution >= 0.6 is 0 Å². The summed E-state index contributed by atoms with van der Waals surface area (Å²) >= 11 is 0. The van der Waals surface area contributed by atoms with Crippen LogP contribution < -0.4 is 0 Å². The zero-order valence-corrected chi connectivity index (χ0v) is 12.4. The zero-order chi connectivity index (χ0) is 16.9. The number of allylic oxidation sites excluding steroid dienone is 1. The van der Waals surface area contributed by atoms with Gasteiger partial charge in [-0.1, -0.05) is 0 Å². The Bertz CT molecular complexity index is 875. The van der Waals surface area contributed by atoms with Gasteiger partial charge in [-0.3, -0.25) is 0 Å². The molecule has 3 rings (SSSR count). The van der Waals surface area contributed by atoms with Crippen molar-refractivity contribution in [2.75, 3.05) is 0 Å². The van der Waals surface area contributed by atoms with E-state index in [1.807, 2.05) is 0 Å². The van der Waals surface area contributed by atoms with Crippen molar-refractivity contribution in [3.8, 4) is 17.0 Å². The maximum atomic E-state index is 13.4. The van der Waals surface area contributed by atoms with E-state index >= 15 is 0 Å². The van der Waals surface area contributed by atoms with Crippen LogP contribution in [0.1, 0.15) is 18.1 Å². The van der Waals surface area contributed by atoms with Crippen molar-refractivity contribution in [1.29, 1.82) is 0 Å². The minimum Gasteiger partial charge on any atom is -0.506 e. The standard InChI is InChI=1S/C15H9F4NO2S/c1-7-4-9-6-12(21)13(20-14(9)23(7)22)8-2-3-11(16)10(5-8)15(17,18)19/h2-6,21H,1H3. The van der Waals surface area contributed by atoms with Gasteiger partial charge in [0.25, 0.3) is 0 Å². The lowest BCUT2D eigenvalue weighted by atomic mass is 10.1. The van der Waals surface area contributed by atoms with Gasteiger partial charge in [-0.05, 0) is 37.3 Å². The highest BCUT2D eigenvalue weighted by molar-refractivity contribution is 7.89. The number of fused-ring (bicyclic) bond motifs is 1. The molecule has 1 N–H and O–H groups in total. The Kier molecular flexibility index (Phi) is 3.51. The van der Waals surface area contributed by atoms with E-state index in [1.54, 1.807) is 13.0 Å². The summed E-state index contributed by atoms with van der Waals surface area (Å²) in [4.78, 5) is 4.54. The van der Waals surface area contributed by atoms with Crippen LogP contribution in [0.4, 0.5) is 17.6 Å². The maximum Gasteiger partial charge on any atom is 0.419 e. The Morgan fingerprint density at radius 1 is 1.22 bits per heavy atom. The summed E-state index contributed by atoms with van der Waals surface area (Å²) in [6.45, 7) is 1.62. The molecule has 2 heterocycles. The summed E-state index contributed by atoms with van der Waals surface area (Å²) in [5.74, 6) is -1.78. The number of alkyl halides is 3. The molecule has 0 saturated heterocycles. The molecule has 0 spiro atoms. The van der Waals surface area contributed by atoms with Crippen LogP contribution in [-0.4, -0.2) is 14.3 Å².